The lowest BCUT2D eigenvalue weighted by atomic mass is 9.73. The normalized spacial score (nSPS) is 17.7. The Bertz CT molecular complexity index is 479. The molecule has 1 saturated heterocycles. The lowest BCUT2D eigenvalue weighted by Gasteiger charge is -2.35. The van der Waals surface area contributed by atoms with Crippen LogP contribution in [0.4, 0.5) is 0 Å². The third-order valence-corrected chi connectivity index (χ3v) is 3.77. The molecule has 2 heterocycles. The van der Waals surface area contributed by atoms with Crippen LogP contribution < -0.4 is 5.32 Å². The van der Waals surface area contributed by atoms with E-state index < -0.39 is 0 Å². The molecule has 0 aliphatic carbocycles. The number of hydrogen-bond donors (Lipinski definition) is 2. The van der Waals surface area contributed by atoms with Crippen LogP contribution in [0.25, 0.3) is 0 Å². The number of nitrogens with zero attached hydrogens (tertiary/aromatic N) is 3. The summed E-state index contributed by atoms with van der Waals surface area (Å²) in [5.74, 6) is 0.854. The number of benzene rings is 1. The van der Waals surface area contributed by atoms with Gasteiger partial charge in [-0.15, -0.1) is 22.6 Å². The maximum Gasteiger partial charge on any atom is 0.181 e. The number of halogens is 1. The van der Waals surface area contributed by atoms with E-state index in [-0.39, 0.29) is 17.8 Å². The van der Waals surface area contributed by atoms with E-state index in [2.05, 4.69) is 50.2 Å². The van der Waals surface area contributed by atoms with E-state index in [0.717, 1.165) is 38.2 Å². The molecule has 0 radical (unpaired) electrons. The molecule has 0 bridgehead atoms. The highest BCUT2D eigenvalue weighted by molar-refractivity contribution is 5.85. The van der Waals surface area contributed by atoms with Gasteiger partial charge in [0.25, 0.3) is 0 Å². The number of nitrogens with one attached hydrogen (secondary N) is 2. The lowest BCUT2D eigenvalue weighted by Crippen LogP contribution is -2.42. The van der Waals surface area contributed by atoms with Crippen molar-refractivity contribution in [3.63, 3.8) is 0 Å². The maximum atomic E-state index is 4.23. The van der Waals surface area contributed by atoms with Crippen molar-refractivity contribution in [2.24, 2.45) is 0 Å². The highest BCUT2D eigenvalue weighted by Crippen LogP contribution is 2.34. The first-order chi connectivity index (χ1) is 8.89. The zero-order chi connectivity index (χ0) is 12.3. The van der Waals surface area contributed by atoms with Gasteiger partial charge in [-0.1, -0.05) is 35.5 Å². The van der Waals surface area contributed by atoms with Crippen LogP contribution in [-0.4, -0.2) is 33.7 Å². The molecule has 2 N–H and O–H groups in total. The number of aromatic amines is 1. The molecule has 19 heavy (non-hydrogen) atoms. The monoisotopic (exact) mass is 279 g/mol. The number of H-pyrrole nitrogens is 1. The van der Waals surface area contributed by atoms with Crippen LogP contribution in [0, 0.1) is 0 Å². The van der Waals surface area contributed by atoms with Crippen molar-refractivity contribution in [2.45, 2.75) is 24.7 Å². The summed E-state index contributed by atoms with van der Waals surface area (Å²) < 4.78 is 0. The Labute approximate surface area is 118 Å². The Hall–Kier alpha value is -1.46. The van der Waals surface area contributed by atoms with Crippen molar-refractivity contribution in [3.05, 3.63) is 41.7 Å². The first kappa shape index (κ1) is 14.0. The third kappa shape index (κ3) is 2.93. The van der Waals surface area contributed by atoms with E-state index in [1.54, 1.807) is 0 Å². The van der Waals surface area contributed by atoms with E-state index in [1.165, 1.54) is 5.56 Å². The molecule has 1 aromatic carbocycles. The van der Waals surface area contributed by atoms with E-state index in [9.17, 15) is 0 Å². The molecule has 1 fully saturated rings. The molecule has 2 aromatic rings. The number of aromatic nitrogens is 4. The summed E-state index contributed by atoms with van der Waals surface area (Å²) in [6.45, 7) is 2.03. The minimum Gasteiger partial charge on any atom is -0.317 e. The van der Waals surface area contributed by atoms with Gasteiger partial charge in [0.15, 0.2) is 5.82 Å². The summed E-state index contributed by atoms with van der Waals surface area (Å²) >= 11 is 0. The molecule has 0 saturated carbocycles. The van der Waals surface area contributed by atoms with Crippen molar-refractivity contribution in [2.75, 3.05) is 13.1 Å². The van der Waals surface area contributed by atoms with Gasteiger partial charge >= 0.3 is 0 Å². The number of rotatable bonds is 3. The smallest absolute Gasteiger partial charge is 0.181 e. The molecule has 0 amide bonds. The predicted octanol–water partition coefficient (Wildman–Crippen LogP) is 1.49. The molecule has 1 aliphatic rings. The maximum absolute atomic E-state index is 4.23. The fourth-order valence-corrected chi connectivity index (χ4v) is 2.76. The molecule has 3 rings (SSSR count). The molecule has 0 atom stereocenters. The summed E-state index contributed by atoms with van der Waals surface area (Å²) in [6, 6.07) is 10.6. The Morgan fingerprint density at radius 1 is 1.11 bits per heavy atom. The fourth-order valence-electron chi connectivity index (χ4n) is 2.76. The molecular weight excluding hydrogens is 262 g/mol. The van der Waals surface area contributed by atoms with Crippen molar-refractivity contribution in [3.8, 4) is 0 Å². The van der Waals surface area contributed by atoms with Crippen LogP contribution in [0.15, 0.2) is 30.3 Å². The Kier molecular flexibility index (Phi) is 4.50. The van der Waals surface area contributed by atoms with Crippen molar-refractivity contribution < 1.29 is 0 Å². The molecule has 1 aromatic heterocycles. The topological polar surface area (TPSA) is 66.5 Å². The van der Waals surface area contributed by atoms with Gasteiger partial charge in [-0.3, -0.25) is 0 Å². The summed E-state index contributed by atoms with van der Waals surface area (Å²) in [5.41, 5.74) is 1.36. The average molecular weight is 280 g/mol. The van der Waals surface area contributed by atoms with Crippen LogP contribution >= 0.6 is 12.4 Å². The number of piperidine rings is 1. The second kappa shape index (κ2) is 6.12. The molecule has 6 heteroatoms. The average Bonchev–Trinajstić information content (AvgIpc) is 2.95. The highest BCUT2D eigenvalue weighted by atomic mass is 35.5. The number of hydrogen-bond acceptors (Lipinski definition) is 4. The van der Waals surface area contributed by atoms with Gasteiger partial charge in [-0.25, -0.2) is 0 Å². The van der Waals surface area contributed by atoms with E-state index in [1.807, 2.05) is 6.07 Å². The van der Waals surface area contributed by atoms with E-state index in [4.69, 9.17) is 0 Å². The highest BCUT2D eigenvalue weighted by Gasteiger charge is 2.37. The van der Waals surface area contributed by atoms with Crippen LogP contribution in [0.3, 0.4) is 0 Å². The number of tetrazole rings is 1. The van der Waals surface area contributed by atoms with Crippen molar-refractivity contribution in [1.82, 2.24) is 25.9 Å². The first-order valence-electron chi connectivity index (χ1n) is 6.38. The van der Waals surface area contributed by atoms with Crippen LogP contribution in [0.1, 0.15) is 24.2 Å². The Balaban J connectivity index is 0.00000133. The summed E-state index contributed by atoms with van der Waals surface area (Å²) in [6.07, 6.45) is 3.10. The van der Waals surface area contributed by atoms with E-state index >= 15 is 0 Å². The van der Waals surface area contributed by atoms with Crippen molar-refractivity contribution in [1.29, 1.82) is 0 Å². The van der Waals surface area contributed by atoms with Gasteiger partial charge in [0.05, 0.1) is 0 Å². The van der Waals surface area contributed by atoms with Crippen LogP contribution in [0.2, 0.25) is 0 Å². The van der Waals surface area contributed by atoms with Gasteiger partial charge in [0.2, 0.25) is 0 Å². The minimum absolute atomic E-state index is 0. The Morgan fingerprint density at radius 3 is 2.47 bits per heavy atom. The third-order valence-electron chi connectivity index (χ3n) is 3.77. The molecule has 5 nitrogen and oxygen atoms in total. The summed E-state index contributed by atoms with van der Waals surface area (Å²) in [4.78, 5) is 0. The van der Waals surface area contributed by atoms with Crippen LogP contribution in [-0.2, 0) is 11.8 Å². The van der Waals surface area contributed by atoms with Gasteiger partial charge in [0, 0.05) is 5.41 Å². The van der Waals surface area contributed by atoms with E-state index in [0.29, 0.717) is 0 Å². The standard InChI is InChI=1S/C13H17N5.ClH/c1-2-4-11(5-3-1)10-13(6-8-14-9-7-13)12-15-17-18-16-12;/h1-5,14H,6-10H2,(H,15,16,17,18);1H. The van der Waals surface area contributed by atoms with Gasteiger partial charge in [-0.2, -0.15) is 5.21 Å². The molecule has 1 aliphatic heterocycles. The summed E-state index contributed by atoms with van der Waals surface area (Å²) in [7, 11) is 0. The predicted molar refractivity (Wildman–Crippen MR) is 75.4 cm³/mol. The zero-order valence-electron chi connectivity index (χ0n) is 10.7. The molecule has 102 valence electrons. The van der Waals surface area contributed by atoms with Gasteiger partial charge in [0.1, 0.15) is 0 Å². The van der Waals surface area contributed by atoms with Crippen molar-refractivity contribution >= 4 is 12.4 Å². The molecular formula is C13H18ClN5. The minimum atomic E-state index is 0. The quantitative estimate of drug-likeness (QED) is 0.893. The fraction of sp³-hybridized carbons (Fsp3) is 0.462. The largest absolute Gasteiger partial charge is 0.317 e. The Morgan fingerprint density at radius 2 is 1.84 bits per heavy atom. The molecule has 0 spiro atoms. The van der Waals surface area contributed by atoms with Gasteiger partial charge in [-0.05, 0) is 37.9 Å². The SMILES string of the molecule is Cl.c1ccc(CC2(c3nn[nH]n3)CCNCC2)cc1. The van der Waals surface area contributed by atoms with Gasteiger partial charge < -0.3 is 5.32 Å². The zero-order valence-corrected chi connectivity index (χ0v) is 11.5. The van der Waals surface area contributed by atoms with Crippen LogP contribution in [0.5, 0.6) is 0 Å². The second-order valence-corrected chi connectivity index (χ2v) is 4.93. The first-order valence-corrected chi connectivity index (χ1v) is 6.38. The molecule has 0 unspecified atom stereocenters. The lowest BCUT2D eigenvalue weighted by molar-refractivity contribution is 0.289. The summed E-state index contributed by atoms with van der Waals surface area (Å²) in [5, 5.41) is 18.2. The second-order valence-electron chi connectivity index (χ2n) is 4.93.